The third-order valence-electron chi connectivity index (χ3n) is 2.46. The minimum absolute atomic E-state index is 0.280. The van der Waals surface area contributed by atoms with Crippen LogP contribution < -0.4 is 14.8 Å². The standard InChI is InChI=1S/C14H23NO3/c1-10(2)15-8-12-5-6-13(17-4)7-14(12)18-9-11(3)16/h5-7,10-11,15-16H,8-9H2,1-4H3. The molecule has 2 N–H and O–H groups in total. The minimum atomic E-state index is -0.484. The highest BCUT2D eigenvalue weighted by Gasteiger charge is 2.08. The minimum Gasteiger partial charge on any atom is -0.497 e. The molecule has 0 aliphatic carbocycles. The van der Waals surface area contributed by atoms with E-state index in [1.165, 1.54) is 0 Å². The van der Waals surface area contributed by atoms with Crippen molar-refractivity contribution in [1.29, 1.82) is 0 Å². The molecule has 0 amide bonds. The van der Waals surface area contributed by atoms with Crippen LogP contribution in [0.15, 0.2) is 18.2 Å². The van der Waals surface area contributed by atoms with E-state index >= 15 is 0 Å². The maximum Gasteiger partial charge on any atom is 0.127 e. The van der Waals surface area contributed by atoms with Gasteiger partial charge in [-0.15, -0.1) is 0 Å². The first-order valence-electron chi connectivity index (χ1n) is 6.24. The van der Waals surface area contributed by atoms with Crippen molar-refractivity contribution < 1.29 is 14.6 Å². The van der Waals surface area contributed by atoms with Gasteiger partial charge in [-0.2, -0.15) is 0 Å². The molecule has 0 saturated heterocycles. The number of methoxy groups -OCH3 is 1. The summed E-state index contributed by atoms with van der Waals surface area (Å²) in [5.41, 5.74) is 1.06. The van der Waals surface area contributed by atoms with E-state index in [1.807, 2.05) is 18.2 Å². The summed E-state index contributed by atoms with van der Waals surface area (Å²) >= 11 is 0. The van der Waals surface area contributed by atoms with Gasteiger partial charge in [0.05, 0.1) is 13.2 Å². The van der Waals surface area contributed by atoms with E-state index in [0.29, 0.717) is 6.04 Å². The van der Waals surface area contributed by atoms with Gasteiger partial charge < -0.3 is 19.9 Å². The number of hydrogen-bond donors (Lipinski definition) is 2. The molecule has 0 radical (unpaired) electrons. The second-order valence-electron chi connectivity index (χ2n) is 4.67. The lowest BCUT2D eigenvalue weighted by Gasteiger charge is -2.15. The summed E-state index contributed by atoms with van der Waals surface area (Å²) in [7, 11) is 1.62. The highest BCUT2D eigenvalue weighted by molar-refractivity contribution is 5.40. The van der Waals surface area contributed by atoms with E-state index in [2.05, 4.69) is 19.2 Å². The molecule has 102 valence electrons. The molecule has 1 rings (SSSR count). The second-order valence-corrected chi connectivity index (χ2v) is 4.67. The summed E-state index contributed by atoms with van der Waals surface area (Å²) < 4.78 is 10.8. The number of rotatable bonds is 7. The molecule has 4 nitrogen and oxygen atoms in total. The average Bonchev–Trinajstić information content (AvgIpc) is 2.34. The predicted octanol–water partition coefficient (Wildman–Crippen LogP) is 1.95. The average molecular weight is 253 g/mol. The molecule has 0 aliphatic rings. The molecule has 18 heavy (non-hydrogen) atoms. The van der Waals surface area contributed by atoms with Gasteiger partial charge in [-0.1, -0.05) is 19.9 Å². The summed E-state index contributed by atoms with van der Waals surface area (Å²) in [6.07, 6.45) is -0.484. The zero-order valence-corrected chi connectivity index (χ0v) is 11.6. The summed E-state index contributed by atoms with van der Waals surface area (Å²) in [5, 5.41) is 12.6. The Bertz CT molecular complexity index is 364. The van der Waals surface area contributed by atoms with Gasteiger partial charge in [0.2, 0.25) is 0 Å². The number of aliphatic hydroxyl groups excluding tert-OH is 1. The molecule has 0 heterocycles. The third kappa shape index (κ3) is 4.94. The van der Waals surface area contributed by atoms with Crippen molar-refractivity contribution in [2.45, 2.75) is 39.5 Å². The van der Waals surface area contributed by atoms with E-state index < -0.39 is 6.10 Å². The Balaban J connectivity index is 2.79. The van der Waals surface area contributed by atoms with Crippen LogP contribution in [-0.2, 0) is 6.54 Å². The summed E-state index contributed by atoms with van der Waals surface area (Å²) in [6, 6.07) is 6.15. The van der Waals surface area contributed by atoms with Crippen LogP contribution in [-0.4, -0.2) is 31.0 Å². The van der Waals surface area contributed by atoms with Crippen molar-refractivity contribution in [2.75, 3.05) is 13.7 Å². The van der Waals surface area contributed by atoms with Gasteiger partial charge in [-0.05, 0) is 13.0 Å². The molecule has 0 saturated carbocycles. The van der Waals surface area contributed by atoms with E-state index in [4.69, 9.17) is 9.47 Å². The number of benzene rings is 1. The van der Waals surface area contributed by atoms with Crippen LogP contribution in [0.4, 0.5) is 0 Å². The van der Waals surface area contributed by atoms with Gasteiger partial charge in [-0.25, -0.2) is 0 Å². The third-order valence-corrected chi connectivity index (χ3v) is 2.46. The van der Waals surface area contributed by atoms with Crippen molar-refractivity contribution in [3.8, 4) is 11.5 Å². The summed E-state index contributed by atoms with van der Waals surface area (Å²) in [4.78, 5) is 0. The first-order valence-corrected chi connectivity index (χ1v) is 6.24. The van der Waals surface area contributed by atoms with E-state index in [9.17, 15) is 5.11 Å². The Hall–Kier alpha value is -1.26. The number of hydrogen-bond acceptors (Lipinski definition) is 4. The van der Waals surface area contributed by atoms with Gasteiger partial charge in [0.15, 0.2) is 0 Å². The molecular weight excluding hydrogens is 230 g/mol. The Labute approximate surface area is 109 Å². The van der Waals surface area contributed by atoms with Crippen molar-refractivity contribution >= 4 is 0 Å². The molecule has 1 unspecified atom stereocenters. The molecule has 1 aromatic rings. The van der Waals surface area contributed by atoms with Crippen LogP contribution in [0.5, 0.6) is 11.5 Å². The molecule has 0 spiro atoms. The van der Waals surface area contributed by atoms with Crippen LogP contribution in [0.2, 0.25) is 0 Å². The maximum absolute atomic E-state index is 9.28. The number of aliphatic hydroxyl groups is 1. The Kier molecular flexibility index (Phi) is 5.95. The molecule has 0 aromatic heterocycles. The number of nitrogens with one attached hydrogen (secondary N) is 1. The van der Waals surface area contributed by atoms with Gasteiger partial charge in [0.1, 0.15) is 18.1 Å². The quantitative estimate of drug-likeness (QED) is 0.780. The first-order chi connectivity index (χ1) is 8.52. The lowest BCUT2D eigenvalue weighted by atomic mass is 10.2. The van der Waals surface area contributed by atoms with Gasteiger partial charge >= 0.3 is 0 Å². The molecule has 0 fully saturated rings. The largest absolute Gasteiger partial charge is 0.497 e. The van der Waals surface area contributed by atoms with Gasteiger partial charge in [-0.3, -0.25) is 0 Å². The van der Waals surface area contributed by atoms with Crippen LogP contribution in [0.25, 0.3) is 0 Å². The Morgan fingerprint density at radius 1 is 1.28 bits per heavy atom. The fraction of sp³-hybridized carbons (Fsp3) is 0.571. The maximum atomic E-state index is 9.28. The van der Waals surface area contributed by atoms with Crippen LogP contribution in [0.1, 0.15) is 26.3 Å². The SMILES string of the molecule is COc1ccc(CNC(C)C)c(OCC(C)O)c1. The van der Waals surface area contributed by atoms with Crippen molar-refractivity contribution in [1.82, 2.24) is 5.32 Å². The highest BCUT2D eigenvalue weighted by atomic mass is 16.5. The normalized spacial score (nSPS) is 12.6. The van der Waals surface area contributed by atoms with E-state index in [-0.39, 0.29) is 6.61 Å². The van der Waals surface area contributed by atoms with Gasteiger partial charge in [0.25, 0.3) is 0 Å². The summed E-state index contributed by atoms with van der Waals surface area (Å²) in [6.45, 7) is 6.91. The fourth-order valence-corrected chi connectivity index (χ4v) is 1.47. The monoisotopic (exact) mass is 253 g/mol. The molecule has 0 bridgehead atoms. The predicted molar refractivity (Wildman–Crippen MR) is 72.1 cm³/mol. The first kappa shape index (κ1) is 14.8. The van der Waals surface area contributed by atoms with Crippen molar-refractivity contribution in [2.24, 2.45) is 0 Å². The Morgan fingerprint density at radius 2 is 2.00 bits per heavy atom. The van der Waals surface area contributed by atoms with E-state index in [1.54, 1.807) is 14.0 Å². The zero-order valence-electron chi connectivity index (χ0n) is 11.6. The van der Waals surface area contributed by atoms with Crippen molar-refractivity contribution in [3.63, 3.8) is 0 Å². The van der Waals surface area contributed by atoms with E-state index in [0.717, 1.165) is 23.6 Å². The lowest BCUT2D eigenvalue weighted by Crippen LogP contribution is -2.22. The lowest BCUT2D eigenvalue weighted by molar-refractivity contribution is 0.122. The second kappa shape index (κ2) is 7.24. The van der Waals surface area contributed by atoms with Crippen LogP contribution in [0, 0.1) is 0 Å². The van der Waals surface area contributed by atoms with Gasteiger partial charge in [0, 0.05) is 24.2 Å². The smallest absolute Gasteiger partial charge is 0.127 e. The molecular formula is C14H23NO3. The van der Waals surface area contributed by atoms with Crippen molar-refractivity contribution in [3.05, 3.63) is 23.8 Å². The molecule has 4 heteroatoms. The number of ether oxygens (including phenoxy) is 2. The summed E-state index contributed by atoms with van der Waals surface area (Å²) in [5.74, 6) is 1.51. The van der Waals surface area contributed by atoms with Crippen LogP contribution in [0.3, 0.4) is 0 Å². The Morgan fingerprint density at radius 3 is 2.56 bits per heavy atom. The fourth-order valence-electron chi connectivity index (χ4n) is 1.47. The zero-order chi connectivity index (χ0) is 13.5. The molecule has 0 aliphatic heterocycles. The molecule has 1 atom stereocenters. The highest BCUT2D eigenvalue weighted by Crippen LogP contribution is 2.25. The van der Waals surface area contributed by atoms with Crippen LogP contribution >= 0.6 is 0 Å². The molecule has 1 aromatic carbocycles. The topological polar surface area (TPSA) is 50.7 Å².